The van der Waals surface area contributed by atoms with Crippen molar-refractivity contribution in [3.05, 3.63) is 40.7 Å². The Morgan fingerprint density at radius 1 is 1.24 bits per heavy atom. The number of thiophene rings is 1. The number of hydrogen-bond acceptors (Lipinski definition) is 11. The van der Waals surface area contributed by atoms with Gasteiger partial charge in [-0.3, -0.25) is 15.2 Å². The maximum Gasteiger partial charge on any atom is 0.412 e. The summed E-state index contributed by atoms with van der Waals surface area (Å²) in [5.74, 6) is -1.18. The number of likely N-dealkylation sites (N-methyl/N-ethyl adjacent to an activating group) is 1. The van der Waals surface area contributed by atoms with Crippen molar-refractivity contribution in [2.75, 3.05) is 30.4 Å². The lowest BCUT2D eigenvalue weighted by atomic mass is 9.94. The molecule has 0 bridgehead atoms. The molecule has 1 saturated heterocycles. The van der Waals surface area contributed by atoms with Gasteiger partial charge in [-0.15, -0.1) is 11.3 Å². The monoisotopic (exact) mass is 637 g/mol. The molecule has 6 rings (SSSR count). The topological polar surface area (TPSA) is 137 Å². The Labute approximate surface area is 262 Å². The summed E-state index contributed by atoms with van der Waals surface area (Å²) in [7, 11) is 1.95. The number of anilines is 2. The standard InChI is InChI=1S/C31H33F2N7O4S/c1-14(2)39(6)20-10-40(11-21(20)41)29-36-8-16-17-12-43-13-18(17)22(24(33)25(16)37-29)26-23-15(7-34)28(38-30(42)44-31(3,4)5)45-27(23)19(32)9-35-26/h8-9,14,20-21,41H,10-13H2,1-6H3,(H,38,42)/t20-,21+/m1/s1. The first-order chi connectivity index (χ1) is 21.3. The van der Waals surface area contributed by atoms with Crippen molar-refractivity contribution in [2.24, 2.45) is 0 Å². The van der Waals surface area contributed by atoms with Gasteiger partial charge in [-0.05, 0) is 52.8 Å². The van der Waals surface area contributed by atoms with E-state index >= 15 is 8.78 Å². The summed E-state index contributed by atoms with van der Waals surface area (Å²) in [6, 6.07) is 2.10. The van der Waals surface area contributed by atoms with Crippen LogP contribution in [0.1, 0.15) is 51.3 Å². The van der Waals surface area contributed by atoms with Gasteiger partial charge < -0.3 is 19.5 Å². The van der Waals surface area contributed by atoms with Crippen molar-refractivity contribution >= 4 is 49.4 Å². The Bertz CT molecular complexity index is 1880. The van der Waals surface area contributed by atoms with Gasteiger partial charge in [0.15, 0.2) is 11.6 Å². The molecule has 2 atom stereocenters. The molecule has 0 radical (unpaired) electrons. The molecular weight excluding hydrogens is 604 g/mol. The molecule has 0 unspecified atom stereocenters. The van der Waals surface area contributed by atoms with Crippen LogP contribution in [0.2, 0.25) is 0 Å². The van der Waals surface area contributed by atoms with Gasteiger partial charge in [-0.25, -0.2) is 23.5 Å². The van der Waals surface area contributed by atoms with Crippen molar-refractivity contribution in [2.45, 2.75) is 71.6 Å². The largest absolute Gasteiger partial charge is 0.444 e. The van der Waals surface area contributed by atoms with E-state index in [1.807, 2.05) is 31.9 Å². The Hall–Kier alpha value is -4.03. The number of fused-ring (bicyclic) bond motifs is 4. The van der Waals surface area contributed by atoms with Crippen LogP contribution in [0.15, 0.2) is 12.4 Å². The fourth-order valence-electron chi connectivity index (χ4n) is 5.87. The highest BCUT2D eigenvalue weighted by Crippen LogP contribution is 2.46. The molecule has 3 aromatic heterocycles. The molecule has 0 spiro atoms. The van der Waals surface area contributed by atoms with E-state index in [1.54, 1.807) is 27.0 Å². The van der Waals surface area contributed by atoms with Gasteiger partial charge in [-0.1, -0.05) is 0 Å². The number of amides is 1. The number of aliphatic hydroxyl groups is 1. The van der Waals surface area contributed by atoms with E-state index in [0.717, 1.165) is 17.5 Å². The second-order valence-electron chi connectivity index (χ2n) is 12.6. The number of benzene rings is 1. The normalized spacial score (nSPS) is 18.3. The van der Waals surface area contributed by atoms with Crippen molar-refractivity contribution in [1.82, 2.24) is 19.9 Å². The molecule has 0 aliphatic carbocycles. The van der Waals surface area contributed by atoms with E-state index in [1.165, 1.54) is 0 Å². The molecule has 0 saturated carbocycles. The smallest absolute Gasteiger partial charge is 0.412 e. The van der Waals surface area contributed by atoms with Gasteiger partial charge in [0.05, 0.1) is 47.5 Å². The second kappa shape index (κ2) is 11.4. The van der Waals surface area contributed by atoms with E-state index in [2.05, 4.69) is 25.2 Å². The molecule has 5 heterocycles. The molecule has 1 aromatic carbocycles. The maximum atomic E-state index is 16.8. The quantitative estimate of drug-likeness (QED) is 0.296. The number of aliphatic hydroxyl groups excluding tert-OH is 1. The van der Waals surface area contributed by atoms with Crippen LogP contribution in [0.3, 0.4) is 0 Å². The molecular formula is C31H33F2N7O4S. The summed E-state index contributed by atoms with van der Waals surface area (Å²) in [6.45, 7) is 10.2. The molecule has 11 nitrogen and oxygen atoms in total. The van der Waals surface area contributed by atoms with E-state index in [9.17, 15) is 15.2 Å². The van der Waals surface area contributed by atoms with Crippen molar-refractivity contribution in [3.63, 3.8) is 0 Å². The molecule has 1 amide bonds. The van der Waals surface area contributed by atoms with Crippen LogP contribution in [-0.4, -0.2) is 75.0 Å². The first-order valence-electron chi connectivity index (χ1n) is 14.5. The number of rotatable bonds is 5. The number of halogens is 2. The van der Waals surface area contributed by atoms with E-state index in [-0.39, 0.29) is 75.2 Å². The minimum absolute atomic E-state index is 0.0227. The third kappa shape index (κ3) is 5.43. The van der Waals surface area contributed by atoms with Gasteiger partial charge in [0.2, 0.25) is 5.95 Å². The fourth-order valence-corrected chi connectivity index (χ4v) is 6.91. The van der Waals surface area contributed by atoms with Crippen molar-refractivity contribution < 1.29 is 28.2 Å². The van der Waals surface area contributed by atoms with E-state index in [0.29, 0.717) is 23.1 Å². The molecule has 14 heteroatoms. The number of ether oxygens (including phenoxy) is 2. The molecule has 1 fully saturated rings. The highest BCUT2D eigenvalue weighted by atomic mass is 32.1. The lowest BCUT2D eigenvalue weighted by Gasteiger charge is -2.29. The lowest BCUT2D eigenvalue weighted by Crippen LogP contribution is -2.44. The third-order valence-electron chi connectivity index (χ3n) is 8.20. The van der Waals surface area contributed by atoms with Crippen LogP contribution in [0, 0.1) is 23.0 Å². The molecule has 4 aromatic rings. The minimum atomic E-state index is -0.815. The number of pyridine rings is 1. The highest BCUT2D eigenvalue weighted by molar-refractivity contribution is 7.23. The number of carbonyl (C=O) groups is 1. The highest BCUT2D eigenvalue weighted by Gasteiger charge is 2.37. The Morgan fingerprint density at radius 3 is 2.67 bits per heavy atom. The van der Waals surface area contributed by atoms with Gasteiger partial charge in [0.25, 0.3) is 0 Å². The summed E-state index contributed by atoms with van der Waals surface area (Å²) < 4.78 is 43.1. The predicted molar refractivity (Wildman–Crippen MR) is 166 cm³/mol. The van der Waals surface area contributed by atoms with Crippen molar-refractivity contribution in [1.29, 1.82) is 5.26 Å². The third-order valence-corrected chi connectivity index (χ3v) is 9.31. The average molecular weight is 638 g/mol. The summed E-state index contributed by atoms with van der Waals surface area (Å²) in [6.07, 6.45) is 1.07. The number of aromatic nitrogens is 3. The molecule has 2 N–H and O–H groups in total. The zero-order valence-corrected chi connectivity index (χ0v) is 26.6. The lowest BCUT2D eigenvalue weighted by molar-refractivity contribution is 0.0636. The number of nitriles is 1. The van der Waals surface area contributed by atoms with E-state index < -0.39 is 29.4 Å². The second-order valence-corrected chi connectivity index (χ2v) is 13.6. The van der Waals surface area contributed by atoms with Crippen LogP contribution >= 0.6 is 11.3 Å². The number of nitrogens with zero attached hydrogens (tertiary/aromatic N) is 6. The fraction of sp³-hybridized carbons (Fsp3) is 0.452. The van der Waals surface area contributed by atoms with Crippen LogP contribution in [-0.2, 0) is 22.7 Å². The molecule has 2 aliphatic rings. The maximum absolute atomic E-state index is 16.8. The summed E-state index contributed by atoms with van der Waals surface area (Å²) in [4.78, 5) is 29.9. The first-order valence-corrected chi connectivity index (χ1v) is 15.3. The molecule has 2 aliphatic heterocycles. The Balaban J connectivity index is 1.50. The van der Waals surface area contributed by atoms with Crippen molar-refractivity contribution in [3.8, 4) is 17.3 Å². The number of carbonyl (C=O) groups excluding carboxylic acids is 1. The number of hydrogen-bond donors (Lipinski definition) is 2. The Morgan fingerprint density at radius 2 is 1.98 bits per heavy atom. The van der Waals surface area contributed by atoms with Gasteiger partial charge >= 0.3 is 6.09 Å². The molecule has 45 heavy (non-hydrogen) atoms. The van der Waals surface area contributed by atoms with Crippen LogP contribution in [0.5, 0.6) is 0 Å². The van der Waals surface area contributed by atoms with E-state index in [4.69, 9.17) is 9.47 Å². The Kier molecular flexibility index (Phi) is 7.85. The first kappa shape index (κ1) is 31.0. The number of nitrogens with one attached hydrogen (secondary N) is 1. The van der Waals surface area contributed by atoms with Gasteiger partial charge in [0, 0.05) is 41.7 Å². The molecule has 236 valence electrons. The van der Waals surface area contributed by atoms with Crippen LogP contribution in [0.25, 0.3) is 32.2 Å². The van der Waals surface area contributed by atoms with Gasteiger partial charge in [-0.2, -0.15) is 5.26 Å². The van der Waals surface area contributed by atoms with Gasteiger partial charge in [0.1, 0.15) is 22.2 Å². The van der Waals surface area contributed by atoms with Crippen LogP contribution in [0.4, 0.5) is 24.5 Å². The summed E-state index contributed by atoms with van der Waals surface area (Å²) >= 11 is 0.842. The SMILES string of the molecule is CC(C)N(C)[C@@H]1CN(c2ncc3c4c(c(-c5ncc(F)c6sc(NC(=O)OC(C)(C)C)c(C#N)c56)c(F)c3n2)COC4)C[C@@H]1O. The summed E-state index contributed by atoms with van der Waals surface area (Å²) in [5.41, 5.74) is 0.406. The average Bonchev–Trinajstić information content (AvgIpc) is 3.70. The predicted octanol–water partition coefficient (Wildman–Crippen LogP) is 5.32. The zero-order valence-electron chi connectivity index (χ0n) is 25.7. The number of β-amino-alcohol motifs (C(OH)–C–C–N with tert-alkyl or cyclic N) is 1. The summed E-state index contributed by atoms with van der Waals surface area (Å²) in [5, 5.41) is 24.1. The van der Waals surface area contributed by atoms with Crippen LogP contribution < -0.4 is 10.2 Å². The zero-order chi connectivity index (χ0) is 32.4. The minimum Gasteiger partial charge on any atom is -0.444 e.